The van der Waals surface area contributed by atoms with Gasteiger partial charge in [0.2, 0.25) is 0 Å². The number of allylic oxidation sites excluding steroid dienone is 1. The number of fused-ring (bicyclic) bond motifs is 1. The second kappa shape index (κ2) is 9.86. The molecule has 1 unspecified atom stereocenters. The van der Waals surface area contributed by atoms with Crippen LogP contribution in [0.15, 0.2) is 18.2 Å². The molecule has 1 aromatic heterocycles. The van der Waals surface area contributed by atoms with E-state index in [2.05, 4.69) is 20.8 Å². The number of ether oxygens (including phenoxy) is 1. The second-order valence-corrected chi connectivity index (χ2v) is 10.6. The lowest BCUT2D eigenvalue weighted by Gasteiger charge is -2.30. The first-order valence-electron chi connectivity index (χ1n) is 10.8. The Morgan fingerprint density at radius 1 is 1.39 bits per heavy atom. The number of aliphatic hydroxyl groups excluding tert-OH is 1. The summed E-state index contributed by atoms with van der Waals surface area (Å²) in [7, 11) is 0. The summed E-state index contributed by atoms with van der Waals surface area (Å²) in [6, 6.07) is 3.69. The van der Waals surface area contributed by atoms with E-state index < -0.39 is 6.10 Å². The highest BCUT2D eigenvalue weighted by molar-refractivity contribution is 7.14. The Morgan fingerprint density at radius 2 is 2.13 bits per heavy atom. The van der Waals surface area contributed by atoms with E-state index in [1.54, 1.807) is 23.5 Å². The van der Waals surface area contributed by atoms with Gasteiger partial charge >= 0.3 is 0 Å². The number of carbonyl (C=O) groups excluding carboxylic acids is 1. The maximum absolute atomic E-state index is 13.1. The highest BCUT2D eigenvalue weighted by Crippen LogP contribution is 2.42. The van der Waals surface area contributed by atoms with Crippen LogP contribution in [0, 0.1) is 12.3 Å². The van der Waals surface area contributed by atoms with Crippen molar-refractivity contribution in [3.05, 3.63) is 55.2 Å². The van der Waals surface area contributed by atoms with Gasteiger partial charge in [-0.05, 0) is 78.5 Å². The summed E-state index contributed by atoms with van der Waals surface area (Å²) in [5, 5.41) is 10.0. The quantitative estimate of drug-likeness (QED) is 0.408. The lowest BCUT2D eigenvalue weighted by molar-refractivity contribution is 0.104. The molecule has 0 saturated heterocycles. The van der Waals surface area contributed by atoms with Gasteiger partial charge in [0, 0.05) is 11.4 Å². The second-order valence-electron chi connectivity index (χ2n) is 9.05. The van der Waals surface area contributed by atoms with Crippen molar-refractivity contribution in [3.63, 3.8) is 0 Å². The van der Waals surface area contributed by atoms with E-state index in [-0.39, 0.29) is 18.9 Å². The molecule has 3 rings (SSSR count). The fraction of sp³-hybridized carbons (Fsp3) is 0.480. The largest absolute Gasteiger partial charge is 0.489 e. The zero-order valence-electron chi connectivity index (χ0n) is 18.8. The molecule has 0 radical (unpaired) electrons. The van der Waals surface area contributed by atoms with Crippen LogP contribution >= 0.6 is 22.9 Å². The molecule has 31 heavy (non-hydrogen) atoms. The lowest BCUT2D eigenvalue weighted by Crippen LogP contribution is -2.26. The number of rotatable bonds is 8. The molecule has 6 heteroatoms. The zero-order valence-corrected chi connectivity index (χ0v) is 20.3. The van der Waals surface area contributed by atoms with Crippen molar-refractivity contribution in [1.29, 1.82) is 0 Å². The van der Waals surface area contributed by atoms with E-state index in [9.17, 15) is 9.90 Å². The van der Waals surface area contributed by atoms with Crippen LogP contribution in [0.5, 0.6) is 5.75 Å². The third-order valence-corrected chi connectivity index (χ3v) is 7.54. The van der Waals surface area contributed by atoms with E-state index >= 15 is 0 Å². The third-order valence-electron chi connectivity index (χ3n) is 5.82. The summed E-state index contributed by atoms with van der Waals surface area (Å²) < 4.78 is 5.61. The zero-order chi connectivity index (χ0) is 22.8. The maximum atomic E-state index is 13.1. The monoisotopic (exact) mass is 461 g/mol. The van der Waals surface area contributed by atoms with Gasteiger partial charge < -0.3 is 15.6 Å². The first-order chi connectivity index (χ1) is 14.6. The molecule has 1 aliphatic carbocycles. The third kappa shape index (κ3) is 5.58. The number of thiophene rings is 1. The minimum absolute atomic E-state index is 0.0563. The molecule has 1 heterocycles. The number of hydrogen-bond acceptors (Lipinski definition) is 5. The maximum Gasteiger partial charge on any atom is 0.196 e. The van der Waals surface area contributed by atoms with Crippen LogP contribution in [0.3, 0.4) is 0 Å². The van der Waals surface area contributed by atoms with Crippen LogP contribution in [0.2, 0.25) is 5.02 Å². The van der Waals surface area contributed by atoms with E-state index in [1.165, 1.54) is 16.0 Å². The predicted octanol–water partition coefficient (Wildman–Crippen LogP) is 5.38. The van der Waals surface area contributed by atoms with Crippen molar-refractivity contribution in [2.45, 2.75) is 59.5 Å². The first-order valence-corrected chi connectivity index (χ1v) is 12.0. The normalized spacial score (nSPS) is 16.4. The van der Waals surface area contributed by atoms with Gasteiger partial charge in [0.25, 0.3) is 0 Å². The number of benzene rings is 1. The highest BCUT2D eigenvalue weighted by Gasteiger charge is 2.31. The lowest BCUT2D eigenvalue weighted by atomic mass is 9.74. The number of halogens is 1. The standard InChI is InChI=1S/C25H32ClNO3S/c1-5-22-19-12-25(3,4)9-8-18(19)24(31-22)21(29)7-6-16-10-15(2)23(20(26)11-16)30-14-17(28)13-27/h6-7,10-11,17,28H,5,8-9,12-14,27H2,1-4H3. The summed E-state index contributed by atoms with van der Waals surface area (Å²) in [6.07, 6.45) is 6.82. The summed E-state index contributed by atoms with van der Waals surface area (Å²) >= 11 is 8.04. The molecule has 1 aliphatic rings. The Balaban J connectivity index is 1.80. The molecule has 0 aliphatic heterocycles. The van der Waals surface area contributed by atoms with Gasteiger partial charge in [-0.1, -0.05) is 38.4 Å². The number of nitrogens with two attached hydrogens (primary N) is 1. The average Bonchev–Trinajstić information content (AvgIpc) is 3.07. The molecule has 0 saturated carbocycles. The number of aliphatic hydroxyl groups is 1. The van der Waals surface area contributed by atoms with Gasteiger partial charge in [0.1, 0.15) is 18.5 Å². The molecule has 4 nitrogen and oxygen atoms in total. The van der Waals surface area contributed by atoms with Crippen molar-refractivity contribution in [2.24, 2.45) is 11.1 Å². The number of hydrogen-bond donors (Lipinski definition) is 2. The van der Waals surface area contributed by atoms with Gasteiger partial charge in [0.15, 0.2) is 5.78 Å². The minimum Gasteiger partial charge on any atom is -0.489 e. The molecule has 3 N–H and O–H groups in total. The van der Waals surface area contributed by atoms with Gasteiger partial charge in [-0.3, -0.25) is 4.79 Å². The molecule has 0 bridgehead atoms. The van der Waals surface area contributed by atoms with Gasteiger partial charge in [-0.25, -0.2) is 0 Å². The minimum atomic E-state index is -0.733. The van der Waals surface area contributed by atoms with Crippen molar-refractivity contribution < 1.29 is 14.6 Å². The number of carbonyl (C=O) groups is 1. The van der Waals surface area contributed by atoms with Gasteiger partial charge in [0.05, 0.1) is 9.90 Å². The SMILES string of the molecule is CCc1sc(C(=O)C=Cc2cc(C)c(OCC(O)CN)c(Cl)c2)c2c1CC(C)(C)CC2. The molecule has 0 spiro atoms. The van der Waals surface area contributed by atoms with Crippen LogP contribution in [0.25, 0.3) is 6.08 Å². The fourth-order valence-electron chi connectivity index (χ4n) is 4.07. The van der Waals surface area contributed by atoms with Crippen LogP contribution < -0.4 is 10.5 Å². The molecular formula is C25H32ClNO3S. The predicted molar refractivity (Wildman–Crippen MR) is 130 cm³/mol. The van der Waals surface area contributed by atoms with Crippen molar-refractivity contribution >= 4 is 34.8 Å². The van der Waals surface area contributed by atoms with Crippen LogP contribution in [-0.4, -0.2) is 30.1 Å². The summed E-state index contributed by atoms with van der Waals surface area (Å²) in [5.41, 5.74) is 10.1. The Morgan fingerprint density at radius 3 is 2.77 bits per heavy atom. The van der Waals surface area contributed by atoms with E-state index in [0.717, 1.165) is 41.7 Å². The fourth-order valence-corrected chi connectivity index (χ4v) is 5.62. The van der Waals surface area contributed by atoms with Crippen molar-refractivity contribution in [1.82, 2.24) is 0 Å². The van der Waals surface area contributed by atoms with Crippen molar-refractivity contribution in [3.8, 4) is 5.75 Å². The Hall–Kier alpha value is -1.66. The summed E-state index contributed by atoms with van der Waals surface area (Å²) in [4.78, 5) is 15.3. The average molecular weight is 462 g/mol. The Bertz CT molecular complexity index is 970. The molecule has 0 fully saturated rings. The molecule has 168 valence electrons. The van der Waals surface area contributed by atoms with Crippen LogP contribution in [0.4, 0.5) is 0 Å². The molecular weight excluding hydrogens is 430 g/mol. The van der Waals surface area contributed by atoms with Gasteiger partial charge in [-0.15, -0.1) is 11.3 Å². The van der Waals surface area contributed by atoms with Crippen LogP contribution in [-0.2, 0) is 19.3 Å². The van der Waals surface area contributed by atoms with Gasteiger partial charge in [-0.2, -0.15) is 0 Å². The first kappa shape index (κ1) is 24.0. The smallest absolute Gasteiger partial charge is 0.196 e. The Kier molecular flexibility index (Phi) is 7.63. The van der Waals surface area contributed by atoms with Crippen molar-refractivity contribution in [2.75, 3.05) is 13.2 Å². The summed E-state index contributed by atoms with van der Waals surface area (Å²) in [6.45, 7) is 8.89. The topological polar surface area (TPSA) is 72.5 Å². The number of aryl methyl sites for hydroxylation is 2. The molecule has 1 aromatic carbocycles. The van der Waals surface area contributed by atoms with E-state index in [4.69, 9.17) is 22.1 Å². The molecule has 1 atom stereocenters. The van der Waals surface area contributed by atoms with E-state index in [0.29, 0.717) is 16.2 Å². The Labute approximate surface area is 194 Å². The highest BCUT2D eigenvalue weighted by atomic mass is 35.5. The summed E-state index contributed by atoms with van der Waals surface area (Å²) in [5.74, 6) is 0.584. The van der Waals surface area contributed by atoms with E-state index in [1.807, 2.05) is 19.1 Å². The molecule has 0 amide bonds. The number of ketones is 1. The molecule has 2 aromatic rings. The van der Waals surface area contributed by atoms with Crippen LogP contribution in [0.1, 0.15) is 64.0 Å².